The second-order valence-electron chi connectivity index (χ2n) is 5.32. The van der Waals surface area contributed by atoms with Gasteiger partial charge in [0.1, 0.15) is 5.69 Å². The first-order valence-corrected chi connectivity index (χ1v) is 6.76. The van der Waals surface area contributed by atoms with Crippen molar-refractivity contribution in [1.29, 1.82) is 0 Å². The summed E-state index contributed by atoms with van der Waals surface area (Å²) in [6, 6.07) is 3.97. The topological polar surface area (TPSA) is 48.5 Å². The maximum absolute atomic E-state index is 11.9. The van der Waals surface area contributed by atoms with Crippen molar-refractivity contribution in [2.45, 2.75) is 19.9 Å². The number of aromatic nitrogens is 1. The van der Waals surface area contributed by atoms with Crippen LogP contribution < -0.4 is 10.2 Å². The van der Waals surface area contributed by atoms with Crippen LogP contribution >= 0.6 is 0 Å². The summed E-state index contributed by atoms with van der Waals surface area (Å²) in [6.45, 7) is 7.98. The van der Waals surface area contributed by atoms with Crippen molar-refractivity contribution in [3.8, 4) is 0 Å². The van der Waals surface area contributed by atoms with E-state index in [-0.39, 0.29) is 11.9 Å². The second kappa shape index (κ2) is 6.02. The molecule has 5 nitrogen and oxygen atoms in total. The maximum Gasteiger partial charge on any atom is 0.270 e. The lowest BCUT2D eigenvalue weighted by atomic mass is 10.2. The lowest BCUT2D eigenvalue weighted by molar-refractivity contribution is 0.0938. The molecular weight excluding hydrogens is 240 g/mol. The van der Waals surface area contributed by atoms with E-state index < -0.39 is 0 Å². The van der Waals surface area contributed by atoms with Crippen LogP contribution in [0.5, 0.6) is 0 Å². The fourth-order valence-electron chi connectivity index (χ4n) is 2.14. The summed E-state index contributed by atoms with van der Waals surface area (Å²) in [7, 11) is 2.13. The highest BCUT2D eigenvalue weighted by atomic mass is 16.1. The Labute approximate surface area is 114 Å². The summed E-state index contributed by atoms with van der Waals surface area (Å²) in [5.74, 6) is -0.106. The third kappa shape index (κ3) is 3.67. The van der Waals surface area contributed by atoms with E-state index in [0.29, 0.717) is 5.69 Å². The highest BCUT2D eigenvalue weighted by Gasteiger charge is 2.16. The minimum atomic E-state index is -0.106. The van der Waals surface area contributed by atoms with Crippen molar-refractivity contribution in [2.24, 2.45) is 0 Å². The molecule has 2 heterocycles. The highest BCUT2D eigenvalue weighted by Crippen LogP contribution is 2.16. The summed E-state index contributed by atoms with van der Waals surface area (Å²) in [5.41, 5.74) is 1.57. The minimum Gasteiger partial charge on any atom is -0.369 e. The number of anilines is 1. The Morgan fingerprint density at radius 2 is 2.00 bits per heavy atom. The first-order valence-electron chi connectivity index (χ1n) is 6.76. The summed E-state index contributed by atoms with van der Waals surface area (Å²) in [6.07, 6.45) is 1.71. The molecule has 1 aromatic heterocycles. The van der Waals surface area contributed by atoms with Gasteiger partial charge in [-0.25, -0.2) is 0 Å². The second-order valence-corrected chi connectivity index (χ2v) is 5.32. The van der Waals surface area contributed by atoms with Gasteiger partial charge < -0.3 is 15.1 Å². The quantitative estimate of drug-likeness (QED) is 0.882. The number of likely N-dealkylation sites (N-methyl/N-ethyl adjacent to an activating group) is 1. The number of pyridine rings is 1. The molecule has 0 saturated carbocycles. The zero-order valence-electron chi connectivity index (χ0n) is 11.9. The number of rotatable bonds is 3. The van der Waals surface area contributed by atoms with Crippen molar-refractivity contribution in [2.75, 3.05) is 38.1 Å². The van der Waals surface area contributed by atoms with E-state index in [9.17, 15) is 4.79 Å². The molecule has 1 aliphatic rings. The van der Waals surface area contributed by atoms with Gasteiger partial charge in [-0.3, -0.25) is 9.78 Å². The predicted octanol–water partition coefficient (Wildman–Crippen LogP) is 0.972. The molecule has 0 aliphatic carbocycles. The highest BCUT2D eigenvalue weighted by molar-refractivity contribution is 5.93. The van der Waals surface area contributed by atoms with Crippen LogP contribution in [0.1, 0.15) is 24.3 Å². The van der Waals surface area contributed by atoms with E-state index >= 15 is 0 Å². The molecular formula is C14H22N4O. The number of hydrogen-bond acceptors (Lipinski definition) is 4. The summed E-state index contributed by atoms with van der Waals surface area (Å²) < 4.78 is 0. The third-order valence-electron chi connectivity index (χ3n) is 3.26. The van der Waals surface area contributed by atoms with Crippen LogP contribution in [-0.4, -0.2) is 55.1 Å². The molecule has 104 valence electrons. The molecule has 1 fully saturated rings. The first kappa shape index (κ1) is 13.8. The van der Waals surface area contributed by atoms with Gasteiger partial charge >= 0.3 is 0 Å². The third-order valence-corrected chi connectivity index (χ3v) is 3.26. The smallest absolute Gasteiger partial charge is 0.270 e. The van der Waals surface area contributed by atoms with Gasteiger partial charge in [0, 0.05) is 44.1 Å². The lowest BCUT2D eigenvalue weighted by Gasteiger charge is -2.34. The molecule has 1 aliphatic heterocycles. The van der Waals surface area contributed by atoms with Gasteiger partial charge in [-0.05, 0) is 33.0 Å². The number of nitrogens with zero attached hydrogens (tertiary/aromatic N) is 3. The molecule has 1 N–H and O–H groups in total. The van der Waals surface area contributed by atoms with E-state index in [0.717, 1.165) is 31.9 Å². The number of nitrogens with one attached hydrogen (secondary N) is 1. The fraction of sp³-hybridized carbons (Fsp3) is 0.571. The van der Waals surface area contributed by atoms with Crippen molar-refractivity contribution < 1.29 is 4.79 Å². The monoisotopic (exact) mass is 262 g/mol. The van der Waals surface area contributed by atoms with Crippen molar-refractivity contribution in [3.05, 3.63) is 24.0 Å². The Bertz CT molecular complexity index is 439. The van der Waals surface area contributed by atoms with E-state index in [1.165, 1.54) is 0 Å². The van der Waals surface area contributed by atoms with Crippen LogP contribution in [0.3, 0.4) is 0 Å². The SMILES string of the molecule is CC(C)NC(=O)c1cc(N2CCN(C)CC2)ccn1. The van der Waals surface area contributed by atoms with Gasteiger partial charge in [0.2, 0.25) is 0 Å². The molecule has 0 aromatic carbocycles. The summed E-state index contributed by atoms with van der Waals surface area (Å²) in [4.78, 5) is 20.7. The Balaban J connectivity index is 2.08. The van der Waals surface area contributed by atoms with Crippen LogP contribution in [0, 0.1) is 0 Å². The molecule has 1 amide bonds. The van der Waals surface area contributed by atoms with Crippen LogP contribution in [0.4, 0.5) is 5.69 Å². The average molecular weight is 262 g/mol. The van der Waals surface area contributed by atoms with Crippen molar-refractivity contribution >= 4 is 11.6 Å². The first-order chi connectivity index (χ1) is 9.06. The standard InChI is InChI=1S/C14H22N4O/c1-11(2)16-14(19)13-10-12(4-5-15-13)18-8-6-17(3)7-9-18/h4-5,10-11H,6-9H2,1-3H3,(H,16,19). The maximum atomic E-state index is 11.9. The zero-order chi connectivity index (χ0) is 13.8. The molecule has 5 heteroatoms. The molecule has 0 unspecified atom stereocenters. The van der Waals surface area contributed by atoms with Gasteiger partial charge in [-0.1, -0.05) is 0 Å². The van der Waals surface area contributed by atoms with E-state index in [4.69, 9.17) is 0 Å². The molecule has 0 spiro atoms. The minimum absolute atomic E-state index is 0.106. The summed E-state index contributed by atoms with van der Waals surface area (Å²) >= 11 is 0. The number of hydrogen-bond donors (Lipinski definition) is 1. The van der Waals surface area contributed by atoms with Gasteiger partial charge in [0.05, 0.1) is 0 Å². The van der Waals surface area contributed by atoms with Gasteiger partial charge in [-0.15, -0.1) is 0 Å². The van der Waals surface area contributed by atoms with Crippen LogP contribution in [0.25, 0.3) is 0 Å². The summed E-state index contributed by atoms with van der Waals surface area (Å²) in [5, 5.41) is 2.87. The van der Waals surface area contributed by atoms with E-state index in [1.54, 1.807) is 6.20 Å². The average Bonchev–Trinajstić information content (AvgIpc) is 2.39. The Kier molecular flexibility index (Phi) is 4.37. The molecule has 2 rings (SSSR count). The number of piperazine rings is 1. The van der Waals surface area contributed by atoms with Crippen LogP contribution in [-0.2, 0) is 0 Å². The van der Waals surface area contributed by atoms with Gasteiger partial charge in [-0.2, -0.15) is 0 Å². The van der Waals surface area contributed by atoms with E-state index in [1.807, 2.05) is 26.0 Å². The zero-order valence-corrected chi connectivity index (χ0v) is 11.9. The normalized spacial score (nSPS) is 16.7. The van der Waals surface area contributed by atoms with Crippen LogP contribution in [0.2, 0.25) is 0 Å². The van der Waals surface area contributed by atoms with Crippen LogP contribution in [0.15, 0.2) is 18.3 Å². The Morgan fingerprint density at radius 3 is 2.63 bits per heavy atom. The van der Waals surface area contributed by atoms with Crippen molar-refractivity contribution in [1.82, 2.24) is 15.2 Å². The Hall–Kier alpha value is -1.62. The largest absolute Gasteiger partial charge is 0.369 e. The number of carbonyl (C=O) groups excluding carboxylic acids is 1. The lowest BCUT2D eigenvalue weighted by Crippen LogP contribution is -2.44. The predicted molar refractivity (Wildman–Crippen MR) is 76.5 cm³/mol. The number of amides is 1. The molecule has 19 heavy (non-hydrogen) atoms. The molecule has 1 saturated heterocycles. The molecule has 1 aromatic rings. The Morgan fingerprint density at radius 1 is 1.32 bits per heavy atom. The van der Waals surface area contributed by atoms with E-state index in [2.05, 4.69) is 27.1 Å². The molecule has 0 radical (unpaired) electrons. The van der Waals surface area contributed by atoms with Gasteiger partial charge in [0.25, 0.3) is 5.91 Å². The number of carbonyl (C=O) groups is 1. The fourth-order valence-corrected chi connectivity index (χ4v) is 2.14. The van der Waals surface area contributed by atoms with Gasteiger partial charge in [0.15, 0.2) is 0 Å². The van der Waals surface area contributed by atoms with Crippen molar-refractivity contribution in [3.63, 3.8) is 0 Å². The molecule has 0 bridgehead atoms. The molecule has 0 atom stereocenters.